The van der Waals surface area contributed by atoms with Gasteiger partial charge in [-0.3, -0.25) is 9.09 Å². The lowest BCUT2D eigenvalue weighted by atomic mass is 10.1. The van der Waals surface area contributed by atoms with Crippen LogP contribution in [0.1, 0.15) is 12.0 Å². The van der Waals surface area contributed by atoms with Gasteiger partial charge in [0.15, 0.2) is 23.2 Å². The van der Waals surface area contributed by atoms with E-state index in [2.05, 4.69) is 33.4 Å². The Morgan fingerprint density at radius 2 is 1.78 bits per heavy atom. The number of fused-ring (bicyclic) bond motifs is 1. The van der Waals surface area contributed by atoms with Crippen molar-refractivity contribution < 1.29 is 65.8 Å². The van der Waals surface area contributed by atoms with Crippen LogP contribution in [-0.4, -0.2) is 74.2 Å². The SMILES string of the molecule is O=P(O)(O)OP(=O)(O)OP(=O)(O)OC[C@H]1O[C@@H](n2cnc3c(NCc4ccco4)ncnc32)[C@H](O)[C@@H]1O. The maximum Gasteiger partial charge on any atom is 0.490 e. The van der Waals surface area contributed by atoms with Crippen LogP contribution in [0.15, 0.2) is 35.5 Å². The highest BCUT2D eigenvalue weighted by atomic mass is 31.3. The van der Waals surface area contributed by atoms with Gasteiger partial charge in [0.25, 0.3) is 0 Å². The van der Waals surface area contributed by atoms with Crippen LogP contribution in [0.2, 0.25) is 0 Å². The number of aromatic nitrogens is 4. The summed E-state index contributed by atoms with van der Waals surface area (Å²) < 4.78 is 57.8. The largest absolute Gasteiger partial charge is 0.490 e. The van der Waals surface area contributed by atoms with Gasteiger partial charge in [-0.05, 0) is 12.1 Å². The number of aliphatic hydroxyl groups excluding tert-OH is 2. The number of aliphatic hydroxyl groups is 2. The van der Waals surface area contributed by atoms with Crippen molar-refractivity contribution >= 4 is 40.4 Å². The van der Waals surface area contributed by atoms with Gasteiger partial charge in [0.2, 0.25) is 0 Å². The summed E-state index contributed by atoms with van der Waals surface area (Å²) in [5.41, 5.74) is 0.484. The van der Waals surface area contributed by atoms with E-state index < -0.39 is 54.6 Å². The van der Waals surface area contributed by atoms with Crippen molar-refractivity contribution in [2.75, 3.05) is 11.9 Å². The average molecular weight is 587 g/mol. The Morgan fingerprint density at radius 1 is 1.03 bits per heavy atom. The van der Waals surface area contributed by atoms with E-state index in [0.717, 1.165) is 0 Å². The van der Waals surface area contributed by atoms with Gasteiger partial charge >= 0.3 is 23.5 Å². The fraction of sp³-hybridized carbons (Fsp3) is 0.400. The fourth-order valence-corrected chi connectivity index (χ4v) is 6.35. The highest BCUT2D eigenvalue weighted by Crippen LogP contribution is 2.66. The van der Waals surface area contributed by atoms with E-state index in [1.807, 2.05) is 0 Å². The molecule has 0 aliphatic carbocycles. The first-order chi connectivity index (χ1) is 17.2. The Kier molecular flexibility index (Phi) is 8.00. The van der Waals surface area contributed by atoms with Gasteiger partial charge < -0.3 is 44.3 Å². The Bertz CT molecular complexity index is 1380. The molecule has 0 aromatic carbocycles. The molecule has 1 aliphatic rings. The van der Waals surface area contributed by atoms with E-state index in [0.29, 0.717) is 11.6 Å². The minimum absolute atomic E-state index is 0.196. The molecular weight excluding hydrogens is 567 g/mol. The molecule has 1 aliphatic heterocycles. The second-order valence-electron chi connectivity index (χ2n) is 7.41. The quantitative estimate of drug-likeness (QED) is 0.145. The molecule has 22 heteroatoms. The monoisotopic (exact) mass is 587 g/mol. The van der Waals surface area contributed by atoms with Gasteiger partial charge in [0, 0.05) is 0 Å². The second-order valence-corrected chi connectivity index (χ2v) is 11.8. The maximum atomic E-state index is 11.9. The van der Waals surface area contributed by atoms with Gasteiger partial charge in [0.1, 0.15) is 30.4 Å². The molecule has 0 bridgehead atoms. The lowest BCUT2D eigenvalue weighted by molar-refractivity contribution is -0.0503. The average Bonchev–Trinajstić information content (AvgIpc) is 3.49. The molecule has 3 aromatic heterocycles. The van der Waals surface area contributed by atoms with Crippen LogP contribution in [0.5, 0.6) is 0 Å². The van der Waals surface area contributed by atoms with E-state index in [9.17, 15) is 33.7 Å². The van der Waals surface area contributed by atoms with Gasteiger partial charge in [-0.25, -0.2) is 28.6 Å². The molecule has 4 heterocycles. The number of phosphoric ester groups is 1. The summed E-state index contributed by atoms with van der Waals surface area (Å²) in [5, 5.41) is 23.9. The highest BCUT2D eigenvalue weighted by molar-refractivity contribution is 7.66. The summed E-state index contributed by atoms with van der Waals surface area (Å²) in [7, 11) is -16.7. The standard InChI is InChI=1S/C15H20N5O14P3/c21-11-9(5-31-36(26,27)34-37(28,29)33-35(23,24)25)32-15(12(11)22)20-7-19-10-13(17-6-18-14(10)20)16-4-8-2-1-3-30-8/h1-3,6-7,9,11-12,15,21-22H,4-5H2,(H,26,27)(H,28,29)(H,16,17,18)(H2,23,24,25)/t9-,11-,12-,15-/m1/s1. The smallest absolute Gasteiger partial charge is 0.467 e. The number of hydrogen-bond donors (Lipinski definition) is 7. The number of ether oxygens (including phenoxy) is 1. The molecule has 1 saturated heterocycles. The number of imidazole rings is 1. The molecule has 7 N–H and O–H groups in total. The van der Waals surface area contributed by atoms with Crippen LogP contribution >= 0.6 is 23.5 Å². The molecule has 4 rings (SSSR count). The molecular formula is C15H20N5O14P3. The molecule has 204 valence electrons. The predicted octanol–water partition coefficient (Wildman–Crippen LogP) is -0.00610. The number of anilines is 1. The number of phosphoric acid groups is 3. The molecule has 37 heavy (non-hydrogen) atoms. The van der Waals surface area contributed by atoms with Gasteiger partial charge in [-0.15, -0.1) is 0 Å². The zero-order valence-electron chi connectivity index (χ0n) is 18.2. The van der Waals surface area contributed by atoms with Gasteiger partial charge in [0.05, 0.1) is 25.7 Å². The Hall–Kier alpha value is -2.08. The van der Waals surface area contributed by atoms with Crippen molar-refractivity contribution in [3.05, 3.63) is 36.8 Å². The van der Waals surface area contributed by atoms with Crippen molar-refractivity contribution in [3.8, 4) is 0 Å². The van der Waals surface area contributed by atoms with E-state index in [1.54, 1.807) is 12.1 Å². The van der Waals surface area contributed by atoms with Crippen molar-refractivity contribution in [1.82, 2.24) is 19.5 Å². The summed E-state index contributed by atoms with van der Waals surface area (Å²) in [5.74, 6) is 0.958. The van der Waals surface area contributed by atoms with Crippen LogP contribution in [0.4, 0.5) is 5.82 Å². The number of hydrogen-bond acceptors (Lipinski definition) is 14. The summed E-state index contributed by atoms with van der Waals surface area (Å²) >= 11 is 0. The second kappa shape index (κ2) is 10.6. The third-order valence-corrected chi connectivity index (χ3v) is 8.60. The van der Waals surface area contributed by atoms with Crippen molar-refractivity contribution in [1.29, 1.82) is 0 Å². The number of rotatable bonds is 11. The third kappa shape index (κ3) is 6.87. The highest BCUT2D eigenvalue weighted by Gasteiger charge is 2.47. The first kappa shape index (κ1) is 27.9. The topological polar surface area (TPSA) is 278 Å². The summed E-state index contributed by atoms with van der Waals surface area (Å²) in [6.45, 7) is -0.675. The third-order valence-electron chi connectivity index (χ3n) is 4.80. The fourth-order valence-electron chi connectivity index (χ4n) is 3.32. The summed E-state index contributed by atoms with van der Waals surface area (Å²) in [6.07, 6.45) is -2.10. The number of furan rings is 1. The summed E-state index contributed by atoms with van der Waals surface area (Å²) in [4.78, 5) is 48.4. The Morgan fingerprint density at radius 3 is 2.46 bits per heavy atom. The van der Waals surface area contributed by atoms with Crippen LogP contribution in [0.25, 0.3) is 11.2 Å². The van der Waals surface area contributed by atoms with Crippen LogP contribution in [0.3, 0.4) is 0 Å². The normalized spacial score (nSPS) is 25.7. The molecule has 1 fully saturated rings. The zero-order valence-corrected chi connectivity index (χ0v) is 20.9. The van der Waals surface area contributed by atoms with Crippen molar-refractivity contribution in [3.63, 3.8) is 0 Å². The zero-order chi connectivity index (χ0) is 27.0. The molecule has 3 aromatic rings. The minimum atomic E-state index is -5.72. The lowest BCUT2D eigenvalue weighted by Gasteiger charge is -2.19. The van der Waals surface area contributed by atoms with Crippen LogP contribution in [0, 0.1) is 0 Å². The minimum Gasteiger partial charge on any atom is -0.467 e. The molecule has 2 unspecified atom stereocenters. The van der Waals surface area contributed by atoms with Crippen LogP contribution < -0.4 is 5.32 Å². The van der Waals surface area contributed by atoms with E-state index in [-0.39, 0.29) is 17.7 Å². The Labute approximate surface area is 206 Å². The number of nitrogens with one attached hydrogen (secondary N) is 1. The predicted molar refractivity (Wildman–Crippen MR) is 117 cm³/mol. The van der Waals surface area contributed by atoms with Gasteiger partial charge in [-0.2, -0.15) is 8.62 Å². The van der Waals surface area contributed by atoms with Gasteiger partial charge in [-0.1, -0.05) is 0 Å². The first-order valence-corrected chi connectivity index (χ1v) is 14.5. The summed E-state index contributed by atoms with van der Waals surface area (Å²) in [6, 6.07) is 3.46. The molecule has 19 nitrogen and oxygen atoms in total. The number of nitrogens with zero attached hydrogens (tertiary/aromatic N) is 4. The lowest BCUT2D eigenvalue weighted by Crippen LogP contribution is -2.33. The van der Waals surface area contributed by atoms with Crippen molar-refractivity contribution in [2.45, 2.75) is 31.1 Å². The molecule has 0 saturated carbocycles. The van der Waals surface area contributed by atoms with Crippen molar-refractivity contribution in [2.24, 2.45) is 0 Å². The van der Waals surface area contributed by atoms with Crippen LogP contribution in [-0.2, 0) is 38.1 Å². The molecule has 0 amide bonds. The molecule has 0 radical (unpaired) electrons. The van der Waals surface area contributed by atoms with E-state index in [4.69, 9.17) is 18.9 Å². The van der Waals surface area contributed by atoms with E-state index in [1.165, 1.54) is 23.5 Å². The maximum absolute atomic E-state index is 11.9. The first-order valence-electron chi connectivity index (χ1n) is 9.98. The Balaban J connectivity index is 1.44. The molecule has 0 spiro atoms. The van der Waals surface area contributed by atoms with E-state index >= 15 is 0 Å². The molecule has 6 atom stereocenters.